The van der Waals surface area contributed by atoms with E-state index in [-0.39, 0.29) is 27.1 Å². The van der Waals surface area contributed by atoms with Gasteiger partial charge in [0.1, 0.15) is 9.88 Å². The molecule has 1 fully saturated rings. The lowest BCUT2D eigenvalue weighted by atomic mass is 10.2. The summed E-state index contributed by atoms with van der Waals surface area (Å²) in [5, 5.41) is 0.0920. The Labute approximate surface area is 128 Å². The van der Waals surface area contributed by atoms with Crippen LogP contribution in [0.4, 0.5) is 0 Å². The number of hydrogen-bond acceptors (Lipinski definition) is 4. The van der Waals surface area contributed by atoms with Crippen LogP contribution in [0.3, 0.4) is 0 Å². The molecule has 110 valence electrons. The Hall–Kier alpha value is -0.730. The van der Waals surface area contributed by atoms with Crippen LogP contribution in [-0.2, 0) is 14.8 Å². The zero-order valence-electron chi connectivity index (χ0n) is 10.8. The Morgan fingerprint density at radius 2 is 2.25 bits per heavy atom. The summed E-state index contributed by atoms with van der Waals surface area (Å²) >= 11 is 10.8. The van der Waals surface area contributed by atoms with E-state index in [1.165, 1.54) is 18.2 Å². The number of sulfonamides is 1. The second-order valence-corrected chi connectivity index (χ2v) is 7.13. The maximum absolute atomic E-state index is 12.3. The van der Waals surface area contributed by atoms with E-state index in [0.717, 1.165) is 0 Å². The molecule has 0 radical (unpaired) electrons. The minimum atomic E-state index is -3.70. The van der Waals surface area contributed by atoms with Crippen molar-refractivity contribution in [3.05, 3.63) is 28.8 Å². The smallest absolute Gasteiger partial charge is 0.242 e. The van der Waals surface area contributed by atoms with Gasteiger partial charge >= 0.3 is 0 Å². The first kappa shape index (κ1) is 15.7. The van der Waals surface area contributed by atoms with Gasteiger partial charge in [-0.15, -0.1) is 0 Å². The number of thiocarbonyl (C=S) groups is 1. The Kier molecular flexibility index (Phi) is 4.66. The molecule has 1 aromatic carbocycles. The predicted molar refractivity (Wildman–Crippen MR) is 81.5 cm³/mol. The molecule has 2 atom stereocenters. The molecule has 0 aliphatic carbocycles. The van der Waals surface area contributed by atoms with Crippen molar-refractivity contribution in [2.45, 2.75) is 30.4 Å². The molecule has 8 heteroatoms. The maximum atomic E-state index is 12.3. The van der Waals surface area contributed by atoms with E-state index < -0.39 is 10.0 Å². The summed E-state index contributed by atoms with van der Waals surface area (Å²) in [4.78, 5) is 0.180. The molecule has 1 saturated heterocycles. The lowest BCUT2D eigenvalue weighted by Crippen LogP contribution is -2.39. The average Bonchev–Trinajstić information content (AvgIpc) is 2.73. The van der Waals surface area contributed by atoms with Crippen molar-refractivity contribution in [3.63, 3.8) is 0 Å². The highest BCUT2D eigenvalue weighted by molar-refractivity contribution is 7.89. The molecule has 0 amide bonds. The van der Waals surface area contributed by atoms with Crippen molar-refractivity contribution in [1.82, 2.24) is 4.72 Å². The summed E-state index contributed by atoms with van der Waals surface area (Å²) in [5.41, 5.74) is 6.01. The molecule has 5 nitrogen and oxygen atoms in total. The van der Waals surface area contributed by atoms with Crippen molar-refractivity contribution >= 4 is 38.8 Å². The monoisotopic (exact) mass is 334 g/mol. The number of nitrogens with one attached hydrogen (secondary N) is 1. The van der Waals surface area contributed by atoms with Gasteiger partial charge in [-0.25, -0.2) is 13.1 Å². The molecule has 1 aromatic rings. The molecule has 20 heavy (non-hydrogen) atoms. The van der Waals surface area contributed by atoms with Crippen LogP contribution in [0.15, 0.2) is 23.1 Å². The van der Waals surface area contributed by atoms with Crippen LogP contribution in [0.2, 0.25) is 5.02 Å². The average molecular weight is 335 g/mol. The largest absolute Gasteiger partial charge is 0.389 e. The Bertz CT molecular complexity index is 634. The number of benzene rings is 1. The Morgan fingerprint density at radius 1 is 1.55 bits per heavy atom. The van der Waals surface area contributed by atoms with Crippen molar-refractivity contribution in [2.75, 3.05) is 6.61 Å². The third kappa shape index (κ3) is 3.29. The summed E-state index contributed by atoms with van der Waals surface area (Å²) < 4.78 is 32.6. The molecule has 0 spiro atoms. The predicted octanol–water partition coefficient (Wildman–Crippen LogP) is 1.43. The molecule has 0 bridgehead atoms. The molecule has 2 rings (SSSR count). The minimum absolute atomic E-state index is 0.0123. The van der Waals surface area contributed by atoms with Crippen LogP contribution in [-0.4, -0.2) is 32.2 Å². The fourth-order valence-electron chi connectivity index (χ4n) is 2.02. The second kappa shape index (κ2) is 5.95. The van der Waals surface area contributed by atoms with Crippen LogP contribution in [0.25, 0.3) is 0 Å². The number of halogens is 1. The number of hydrogen-bond donors (Lipinski definition) is 2. The molecule has 1 heterocycles. The van der Waals surface area contributed by atoms with E-state index in [1.807, 2.05) is 6.92 Å². The third-order valence-electron chi connectivity index (χ3n) is 3.19. The quantitative estimate of drug-likeness (QED) is 0.814. The molecule has 3 N–H and O–H groups in total. The van der Waals surface area contributed by atoms with Gasteiger partial charge in [-0.05, 0) is 25.5 Å². The normalized spacial score (nSPS) is 22.9. The number of rotatable bonds is 4. The van der Waals surface area contributed by atoms with Crippen molar-refractivity contribution in [1.29, 1.82) is 0 Å². The van der Waals surface area contributed by atoms with Crippen molar-refractivity contribution < 1.29 is 13.2 Å². The minimum Gasteiger partial charge on any atom is -0.389 e. The highest BCUT2D eigenvalue weighted by atomic mass is 35.5. The first-order chi connectivity index (χ1) is 9.31. The van der Waals surface area contributed by atoms with Gasteiger partial charge in [0.15, 0.2) is 0 Å². The highest BCUT2D eigenvalue weighted by Crippen LogP contribution is 2.24. The van der Waals surface area contributed by atoms with E-state index in [0.29, 0.717) is 18.6 Å². The SMILES string of the molecule is CC1OCCC1NS(=O)(=O)c1ccc(C(N)=S)cc1Cl. The van der Waals surface area contributed by atoms with Crippen molar-refractivity contribution in [2.24, 2.45) is 5.73 Å². The van der Waals surface area contributed by atoms with Crippen LogP contribution >= 0.6 is 23.8 Å². The number of nitrogens with two attached hydrogens (primary N) is 1. The van der Waals surface area contributed by atoms with Gasteiger partial charge in [0.25, 0.3) is 0 Å². The van der Waals surface area contributed by atoms with E-state index in [2.05, 4.69) is 4.72 Å². The molecule has 1 aliphatic rings. The summed E-state index contributed by atoms with van der Waals surface area (Å²) in [7, 11) is -3.70. The fraction of sp³-hybridized carbons (Fsp3) is 0.417. The summed E-state index contributed by atoms with van der Waals surface area (Å²) in [5.74, 6) is 0. The Morgan fingerprint density at radius 3 is 2.75 bits per heavy atom. The first-order valence-electron chi connectivity index (χ1n) is 6.04. The summed E-state index contributed by atoms with van der Waals surface area (Å²) in [6.07, 6.45) is 0.489. The zero-order chi connectivity index (χ0) is 14.9. The van der Waals surface area contributed by atoms with Crippen LogP contribution in [0, 0.1) is 0 Å². The van der Waals surface area contributed by atoms with Gasteiger partial charge in [0.05, 0.1) is 17.2 Å². The third-order valence-corrected chi connectivity index (χ3v) is 5.40. The van der Waals surface area contributed by atoms with Gasteiger partial charge in [-0.1, -0.05) is 29.9 Å². The van der Waals surface area contributed by atoms with Crippen LogP contribution in [0.5, 0.6) is 0 Å². The highest BCUT2D eigenvalue weighted by Gasteiger charge is 2.30. The molecule has 1 aliphatic heterocycles. The van der Waals surface area contributed by atoms with Gasteiger partial charge in [0.2, 0.25) is 10.0 Å². The maximum Gasteiger partial charge on any atom is 0.242 e. The van der Waals surface area contributed by atoms with E-state index >= 15 is 0 Å². The van der Waals surface area contributed by atoms with Gasteiger partial charge in [-0.3, -0.25) is 0 Å². The topological polar surface area (TPSA) is 81.4 Å². The lowest BCUT2D eigenvalue weighted by Gasteiger charge is -2.17. The standard InChI is InChI=1S/C12H15ClN2O3S2/c1-7-10(4-5-18-7)15-20(16,17)11-3-2-8(12(14)19)6-9(11)13/h2-3,6-7,10,15H,4-5H2,1H3,(H2,14,19). The van der Waals surface area contributed by atoms with Crippen LogP contribution < -0.4 is 10.5 Å². The second-order valence-electron chi connectivity index (χ2n) is 4.60. The molecular weight excluding hydrogens is 320 g/mol. The Balaban J connectivity index is 2.27. The lowest BCUT2D eigenvalue weighted by molar-refractivity contribution is 0.117. The van der Waals surface area contributed by atoms with Gasteiger partial charge < -0.3 is 10.5 Å². The molecule has 0 aromatic heterocycles. The number of ether oxygens (including phenoxy) is 1. The molecular formula is C12H15ClN2O3S2. The van der Waals surface area contributed by atoms with E-state index in [9.17, 15) is 8.42 Å². The summed E-state index contributed by atoms with van der Waals surface area (Å²) in [6.45, 7) is 2.38. The summed E-state index contributed by atoms with van der Waals surface area (Å²) in [6, 6.07) is 4.15. The molecule has 0 saturated carbocycles. The van der Waals surface area contributed by atoms with Gasteiger partial charge in [0, 0.05) is 12.2 Å². The van der Waals surface area contributed by atoms with Crippen molar-refractivity contribution in [3.8, 4) is 0 Å². The zero-order valence-corrected chi connectivity index (χ0v) is 13.2. The van der Waals surface area contributed by atoms with E-state index in [4.69, 9.17) is 34.3 Å². The van der Waals surface area contributed by atoms with E-state index in [1.54, 1.807) is 0 Å². The molecule has 2 unspecified atom stereocenters. The fourth-order valence-corrected chi connectivity index (χ4v) is 4.03. The van der Waals surface area contributed by atoms with Crippen LogP contribution in [0.1, 0.15) is 18.9 Å². The first-order valence-corrected chi connectivity index (χ1v) is 8.31. The van der Waals surface area contributed by atoms with Gasteiger partial charge in [-0.2, -0.15) is 0 Å².